The van der Waals surface area contributed by atoms with Crippen molar-refractivity contribution in [2.75, 3.05) is 11.9 Å². The molecule has 7 nitrogen and oxygen atoms in total. The van der Waals surface area contributed by atoms with Crippen LogP contribution in [0.2, 0.25) is 0 Å². The maximum Gasteiger partial charge on any atom is 0.240 e. The van der Waals surface area contributed by atoms with Gasteiger partial charge in [0.25, 0.3) is 0 Å². The van der Waals surface area contributed by atoms with Crippen LogP contribution < -0.4 is 15.4 Å². The fraction of sp³-hybridized carbons (Fsp3) is 0.524. The monoisotopic (exact) mass is 417 g/mol. The standard InChI is InChI=1S/C21H31N5O2S/c1-6-23-29(27,28)17-9-7-8-15(12-17)18-10-11-22-19(25-18)24-16-13-20(2,3)26-21(4,5)14-16/h7-12,16,23,26H,6,13-14H2,1-5H3,(H,22,24,25). The van der Waals surface area contributed by atoms with Crippen molar-refractivity contribution in [1.29, 1.82) is 0 Å². The molecule has 1 aromatic heterocycles. The topological polar surface area (TPSA) is 96.0 Å². The first-order valence-corrected chi connectivity index (χ1v) is 11.5. The van der Waals surface area contributed by atoms with Crippen molar-refractivity contribution < 1.29 is 8.42 Å². The number of nitrogens with one attached hydrogen (secondary N) is 3. The van der Waals surface area contributed by atoms with E-state index in [2.05, 4.69) is 53.0 Å². The summed E-state index contributed by atoms with van der Waals surface area (Å²) in [7, 11) is -3.52. The maximum absolute atomic E-state index is 12.3. The smallest absolute Gasteiger partial charge is 0.240 e. The van der Waals surface area contributed by atoms with Gasteiger partial charge in [0.15, 0.2) is 0 Å². The molecule has 0 aliphatic carbocycles. The average molecular weight is 418 g/mol. The van der Waals surface area contributed by atoms with Crippen molar-refractivity contribution in [3.8, 4) is 11.3 Å². The Morgan fingerprint density at radius 3 is 2.48 bits per heavy atom. The molecule has 0 saturated carbocycles. The summed E-state index contributed by atoms with van der Waals surface area (Å²) < 4.78 is 27.1. The third-order valence-corrected chi connectivity index (χ3v) is 6.50. The molecule has 1 fully saturated rings. The summed E-state index contributed by atoms with van der Waals surface area (Å²) in [5.41, 5.74) is 1.46. The second-order valence-corrected chi connectivity index (χ2v) is 10.7. The molecule has 0 unspecified atom stereocenters. The van der Waals surface area contributed by atoms with Crippen LogP contribution in [0.4, 0.5) is 5.95 Å². The van der Waals surface area contributed by atoms with Crippen LogP contribution in [0.15, 0.2) is 41.4 Å². The quantitative estimate of drug-likeness (QED) is 0.668. The second-order valence-electron chi connectivity index (χ2n) is 8.94. The van der Waals surface area contributed by atoms with E-state index >= 15 is 0 Å². The lowest BCUT2D eigenvalue weighted by Gasteiger charge is -2.46. The number of sulfonamides is 1. The highest BCUT2D eigenvalue weighted by molar-refractivity contribution is 7.89. The van der Waals surface area contributed by atoms with Gasteiger partial charge in [0, 0.05) is 35.4 Å². The first-order valence-electron chi connectivity index (χ1n) is 9.99. The molecule has 0 radical (unpaired) electrons. The highest BCUT2D eigenvalue weighted by atomic mass is 32.2. The van der Waals surface area contributed by atoms with E-state index in [1.807, 2.05) is 6.07 Å². The van der Waals surface area contributed by atoms with Crippen LogP contribution in [0, 0.1) is 0 Å². The van der Waals surface area contributed by atoms with Crippen LogP contribution in [0.3, 0.4) is 0 Å². The number of benzene rings is 1. The number of hydrogen-bond acceptors (Lipinski definition) is 6. The lowest BCUT2D eigenvalue weighted by molar-refractivity contribution is 0.170. The number of hydrogen-bond donors (Lipinski definition) is 3. The Balaban J connectivity index is 1.84. The Morgan fingerprint density at radius 1 is 1.14 bits per heavy atom. The van der Waals surface area contributed by atoms with Crippen LogP contribution in [0.25, 0.3) is 11.3 Å². The van der Waals surface area contributed by atoms with Gasteiger partial charge < -0.3 is 10.6 Å². The van der Waals surface area contributed by atoms with E-state index in [0.717, 1.165) is 18.4 Å². The molecular weight excluding hydrogens is 386 g/mol. The Labute approximate surface area is 173 Å². The zero-order chi connectivity index (χ0) is 21.3. The predicted molar refractivity (Wildman–Crippen MR) is 116 cm³/mol. The van der Waals surface area contributed by atoms with Crippen molar-refractivity contribution in [2.45, 2.75) is 69.5 Å². The number of rotatable bonds is 6. The van der Waals surface area contributed by atoms with Gasteiger partial charge >= 0.3 is 0 Å². The summed E-state index contributed by atoms with van der Waals surface area (Å²) in [6.07, 6.45) is 3.62. The Hall–Kier alpha value is -2.03. The van der Waals surface area contributed by atoms with Crippen molar-refractivity contribution in [1.82, 2.24) is 20.0 Å². The van der Waals surface area contributed by atoms with Gasteiger partial charge in [0.1, 0.15) is 0 Å². The molecule has 1 aliphatic rings. The summed E-state index contributed by atoms with van der Waals surface area (Å²) in [5, 5.41) is 7.15. The van der Waals surface area contributed by atoms with Crippen LogP contribution in [0.1, 0.15) is 47.5 Å². The van der Waals surface area contributed by atoms with Crippen LogP contribution >= 0.6 is 0 Å². The van der Waals surface area contributed by atoms with Crippen molar-refractivity contribution in [3.05, 3.63) is 36.5 Å². The maximum atomic E-state index is 12.3. The first-order chi connectivity index (χ1) is 13.5. The Morgan fingerprint density at radius 2 is 1.83 bits per heavy atom. The molecular formula is C21H31N5O2S. The van der Waals surface area contributed by atoms with Gasteiger partial charge in [-0.2, -0.15) is 0 Å². The molecule has 0 spiro atoms. The summed E-state index contributed by atoms with van der Waals surface area (Å²) in [6.45, 7) is 10.9. The number of nitrogens with zero attached hydrogens (tertiary/aromatic N) is 2. The summed E-state index contributed by atoms with van der Waals surface area (Å²) in [6, 6.07) is 8.85. The molecule has 2 aromatic rings. The molecule has 2 heterocycles. The summed E-state index contributed by atoms with van der Waals surface area (Å²) in [4.78, 5) is 9.25. The largest absolute Gasteiger partial charge is 0.351 e. The van der Waals surface area contributed by atoms with Gasteiger partial charge in [-0.25, -0.2) is 23.1 Å². The molecule has 3 N–H and O–H groups in total. The fourth-order valence-electron chi connectivity index (χ4n) is 4.29. The minimum atomic E-state index is -3.52. The average Bonchev–Trinajstić information content (AvgIpc) is 2.59. The van der Waals surface area contributed by atoms with Gasteiger partial charge in [-0.3, -0.25) is 0 Å². The van der Waals surface area contributed by atoms with Gasteiger partial charge in [-0.1, -0.05) is 19.1 Å². The molecule has 3 rings (SSSR count). The van der Waals surface area contributed by atoms with E-state index in [-0.39, 0.29) is 22.0 Å². The Bertz CT molecular complexity index is 957. The predicted octanol–water partition coefficient (Wildman–Crippen LogP) is 3.16. The molecule has 1 aromatic carbocycles. The molecule has 0 atom stereocenters. The van der Waals surface area contributed by atoms with Crippen LogP contribution in [0.5, 0.6) is 0 Å². The highest BCUT2D eigenvalue weighted by Crippen LogP contribution is 2.30. The Kier molecular flexibility index (Phi) is 5.98. The van der Waals surface area contributed by atoms with Crippen molar-refractivity contribution >= 4 is 16.0 Å². The van der Waals surface area contributed by atoms with E-state index in [1.165, 1.54) is 0 Å². The molecule has 1 saturated heterocycles. The third-order valence-electron chi connectivity index (χ3n) is 4.95. The zero-order valence-corrected chi connectivity index (χ0v) is 18.6. The van der Waals surface area contributed by atoms with E-state index in [0.29, 0.717) is 18.2 Å². The van der Waals surface area contributed by atoms with E-state index in [1.54, 1.807) is 37.4 Å². The van der Waals surface area contributed by atoms with Gasteiger partial charge in [0.05, 0.1) is 10.6 Å². The normalized spacial score (nSPS) is 19.1. The third kappa shape index (κ3) is 5.52. The minimum absolute atomic E-state index is 0.0198. The van der Waals surface area contributed by atoms with Crippen molar-refractivity contribution in [2.24, 2.45) is 0 Å². The molecule has 29 heavy (non-hydrogen) atoms. The van der Waals surface area contributed by atoms with Gasteiger partial charge in [-0.15, -0.1) is 0 Å². The second kappa shape index (κ2) is 8.01. The lowest BCUT2D eigenvalue weighted by Crippen LogP contribution is -2.60. The van der Waals surface area contributed by atoms with E-state index < -0.39 is 10.0 Å². The van der Waals surface area contributed by atoms with Crippen molar-refractivity contribution in [3.63, 3.8) is 0 Å². The SMILES string of the molecule is CCNS(=O)(=O)c1cccc(-c2ccnc(NC3CC(C)(C)NC(C)(C)C3)n2)c1. The number of aromatic nitrogens is 2. The number of piperidine rings is 1. The summed E-state index contributed by atoms with van der Waals surface area (Å²) in [5.74, 6) is 0.556. The fourth-order valence-corrected chi connectivity index (χ4v) is 5.38. The molecule has 0 bridgehead atoms. The van der Waals surface area contributed by atoms with Gasteiger partial charge in [-0.05, 0) is 58.7 Å². The molecule has 8 heteroatoms. The zero-order valence-electron chi connectivity index (χ0n) is 17.8. The van der Waals surface area contributed by atoms with Crippen LogP contribution in [-0.4, -0.2) is 42.1 Å². The number of anilines is 1. The molecule has 1 aliphatic heterocycles. The first kappa shape index (κ1) is 21.7. The highest BCUT2D eigenvalue weighted by Gasteiger charge is 2.37. The van der Waals surface area contributed by atoms with E-state index in [9.17, 15) is 8.42 Å². The summed E-state index contributed by atoms with van der Waals surface area (Å²) >= 11 is 0. The molecule has 158 valence electrons. The molecule has 0 amide bonds. The van der Waals surface area contributed by atoms with E-state index in [4.69, 9.17) is 0 Å². The van der Waals surface area contributed by atoms with Crippen LogP contribution in [-0.2, 0) is 10.0 Å². The lowest BCUT2D eigenvalue weighted by atomic mass is 9.80. The minimum Gasteiger partial charge on any atom is -0.351 e. The van der Waals surface area contributed by atoms with Gasteiger partial charge in [0.2, 0.25) is 16.0 Å².